The summed E-state index contributed by atoms with van der Waals surface area (Å²) in [5.74, 6) is 0.986. The molecular formula is C18H19N3OS. The predicted molar refractivity (Wildman–Crippen MR) is 93.9 cm³/mol. The van der Waals surface area contributed by atoms with Crippen molar-refractivity contribution in [3.63, 3.8) is 0 Å². The molecule has 4 nitrogen and oxygen atoms in total. The number of thiophene rings is 1. The van der Waals surface area contributed by atoms with Crippen LogP contribution in [0.1, 0.15) is 11.1 Å². The molecular weight excluding hydrogens is 306 g/mol. The average Bonchev–Trinajstić information content (AvgIpc) is 3.27. The topological polar surface area (TPSA) is 50.1 Å². The third-order valence-electron chi connectivity index (χ3n) is 4.27. The first-order valence-corrected chi connectivity index (χ1v) is 8.77. The maximum atomic E-state index is 9.30. The zero-order chi connectivity index (χ0) is 15.6. The molecule has 0 radical (unpaired) electrons. The second kappa shape index (κ2) is 6.18. The Labute approximate surface area is 139 Å². The molecule has 0 atom stereocenters. The van der Waals surface area contributed by atoms with E-state index in [0.717, 1.165) is 29.2 Å². The van der Waals surface area contributed by atoms with Crippen LogP contribution in [0.15, 0.2) is 47.8 Å². The summed E-state index contributed by atoms with van der Waals surface area (Å²) in [6, 6.07) is 15.2. The molecule has 1 aliphatic carbocycles. The van der Waals surface area contributed by atoms with Crippen molar-refractivity contribution in [2.45, 2.75) is 25.4 Å². The Morgan fingerprint density at radius 1 is 1.17 bits per heavy atom. The molecule has 2 N–H and O–H groups in total. The van der Waals surface area contributed by atoms with Crippen molar-refractivity contribution in [2.75, 3.05) is 11.9 Å². The minimum Gasteiger partial charge on any atom is -0.394 e. The minimum atomic E-state index is 0.0884. The minimum absolute atomic E-state index is 0.0884. The molecule has 118 valence electrons. The molecule has 0 saturated heterocycles. The van der Waals surface area contributed by atoms with Gasteiger partial charge in [0.1, 0.15) is 11.5 Å². The molecule has 2 aromatic heterocycles. The van der Waals surface area contributed by atoms with Gasteiger partial charge in [0.25, 0.3) is 0 Å². The van der Waals surface area contributed by atoms with E-state index in [9.17, 15) is 5.11 Å². The molecule has 0 bridgehead atoms. The highest BCUT2D eigenvalue weighted by molar-refractivity contribution is 7.13. The van der Waals surface area contributed by atoms with E-state index < -0.39 is 0 Å². The van der Waals surface area contributed by atoms with Gasteiger partial charge in [-0.3, -0.25) is 0 Å². The number of hydrogen-bond acceptors (Lipinski definition) is 4. The molecule has 4 rings (SSSR count). The second-order valence-electron chi connectivity index (χ2n) is 5.86. The maximum Gasteiger partial charge on any atom is 0.125 e. The Hall–Kier alpha value is -2.11. The number of hydrogen-bond donors (Lipinski definition) is 2. The number of benzene rings is 1. The van der Waals surface area contributed by atoms with Gasteiger partial charge >= 0.3 is 0 Å². The molecule has 5 heteroatoms. The lowest BCUT2D eigenvalue weighted by atomic mass is 10.1. The first-order chi connectivity index (χ1) is 11.3. The normalized spacial score (nSPS) is 14.1. The zero-order valence-electron chi connectivity index (χ0n) is 12.8. The van der Waals surface area contributed by atoms with Crippen LogP contribution in [-0.4, -0.2) is 27.5 Å². The second-order valence-corrected chi connectivity index (χ2v) is 6.80. The van der Waals surface area contributed by atoms with Crippen LogP contribution >= 0.6 is 11.3 Å². The monoisotopic (exact) mass is 325 g/mol. The van der Waals surface area contributed by atoms with Gasteiger partial charge < -0.3 is 10.4 Å². The summed E-state index contributed by atoms with van der Waals surface area (Å²) in [6.07, 6.45) is 2.07. The highest BCUT2D eigenvalue weighted by atomic mass is 32.1. The standard InChI is InChI=1S/C18H19N3OS/c22-8-7-21-18(12-16(20-21)17-6-3-9-23-17)19-15-10-13-4-1-2-5-14(13)11-15/h1-6,9,12,15,19,22H,7-8,10-11H2. The van der Waals surface area contributed by atoms with Crippen molar-refractivity contribution in [2.24, 2.45) is 0 Å². The summed E-state index contributed by atoms with van der Waals surface area (Å²) in [4.78, 5) is 1.15. The quantitative estimate of drug-likeness (QED) is 0.757. The highest BCUT2D eigenvalue weighted by Crippen LogP contribution is 2.29. The lowest BCUT2D eigenvalue weighted by Gasteiger charge is -2.14. The van der Waals surface area contributed by atoms with Gasteiger partial charge in [0.2, 0.25) is 0 Å². The molecule has 0 amide bonds. The summed E-state index contributed by atoms with van der Waals surface area (Å²) in [6.45, 7) is 0.596. The fourth-order valence-electron chi connectivity index (χ4n) is 3.21. The Bertz CT molecular complexity index is 769. The van der Waals surface area contributed by atoms with E-state index in [1.54, 1.807) is 11.3 Å². The fourth-order valence-corrected chi connectivity index (χ4v) is 3.89. The Balaban J connectivity index is 1.57. The average molecular weight is 325 g/mol. The Morgan fingerprint density at radius 3 is 2.61 bits per heavy atom. The zero-order valence-corrected chi connectivity index (χ0v) is 13.6. The number of aliphatic hydroxyl groups is 1. The van der Waals surface area contributed by atoms with Crippen LogP contribution in [0.2, 0.25) is 0 Å². The summed E-state index contributed by atoms with van der Waals surface area (Å²) in [7, 11) is 0. The maximum absolute atomic E-state index is 9.30. The first-order valence-electron chi connectivity index (χ1n) is 7.89. The van der Waals surface area contributed by atoms with Crippen LogP contribution in [-0.2, 0) is 19.4 Å². The summed E-state index contributed by atoms with van der Waals surface area (Å²) < 4.78 is 1.87. The molecule has 0 fully saturated rings. The van der Waals surface area contributed by atoms with Gasteiger partial charge in [-0.15, -0.1) is 11.3 Å². The predicted octanol–water partition coefficient (Wildman–Crippen LogP) is 3.18. The molecule has 1 aliphatic rings. The molecule has 2 heterocycles. The molecule has 23 heavy (non-hydrogen) atoms. The molecule has 0 spiro atoms. The van der Waals surface area contributed by atoms with E-state index in [2.05, 4.69) is 52.2 Å². The SMILES string of the molecule is OCCn1nc(-c2cccs2)cc1NC1Cc2ccccc2C1. The first kappa shape index (κ1) is 14.5. The third kappa shape index (κ3) is 2.90. The van der Waals surface area contributed by atoms with Gasteiger partial charge in [-0.2, -0.15) is 5.10 Å². The van der Waals surface area contributed by atoms with E-state index in [0.29, 0.717) is 12.6 Å². The number of nitrogens with zero attached hydrogens (tertiary/aromatic N) is 2. The van der Waals surface area contributed by atoms with E-state index >= 15 is 0 Å². The molecule has 3 aromatic rings. The van der Waals surface area contributed by atoms with Gasteiger partial charge in [-0.05, 0) is 35.4 Å². The Morgan fingerprint density at radius 2 is 1.96 bits per heavy atom. The van der Waals surface area contributed by atoms with E-state index in [1.165, 1.54) is 11.1 Å². The number of nitrogens with one attached hydrogen (secondary N) is 1. The van der Waals surface area contributed by atoms with Crippen LogP contribution in [0, 0.1) is 0 Å². The van der Waals surface area contributed by atoms with E-state index in [4.69, 9.17) is 0 Å². The smallest absolute Gasteiger partial charge is 0.125 e. The third-order valence-corrected chi connectivity index (χ3v) is 5.16. The van der Waals surface area contributed by atoms with Crippen molar-refractivity contribution < 1.29 is 5.11 Å². The molecule has 0 unspecified atom stereocenters. The lowest BCUT2D eigenvalue weighted by Crippen LogP contribution is -2.22. The van der Waals surface area contributed by atoms with E-state index in [-0.39, 0.29) is 6.61 Å². The van der Waals surface area contributed by atoms with Gasteiger partial charge in [0.15, 0.2) is 0 Å². The highest BCUT2D eigenvalue weighted by Gasteiger charge is 2.22. The summed E-state index contributed by atoms with van der Waals surface area (Å²) in [5, 5.41) is 19.6. The molecule has 1 aromatic carbocycles. The van der Waals surface area contributed by atoms with E-state index in [1.807, 2.05) is 10.7 Å². The van der Waals surface area contributed by atoms with Crippen LogP contribution in [0.25, 0.3) is 10.6 Å². The Kier molecular flexibility index (Phi) is 3.89. The summed E-state index contributed by atoms with van der Waals surface area (Å²) in [5.41, 5.74) is 3.82. The van der Waals surface area contributed by atoms with Crippen LogP contribution in [0.4, 0.5) is 5.82 Å². The molecule has 0 aliphatic heterocycles. The van der Waals surface area contributed by atoms with Crippen LogP contribution < -0.4 is 5.32 Å². The number of rotatable bonds is 5. The van der Waals surface area contributed by atoms with Gasteiger partial charge in [0.05, 0.1) is 18.0 Å². The van der Waals surface area contributed by atoms with Gasteiger partial charge in [-0.1, -0.05) is 30.3 Å². The van der Waals surface area contributed by atoms with Crippen molar-refractivity contribution in [1.29, 1.82) is 0 Å². The van der Waals surface area contributed by atoms with Crippen LogP contribution in [0.5, 0.6) is 0 Å². The van der Waals surface area contributed by atoms with Crippen molar-refractivity contribution in [1.82, 2.24) is 9.78 Å². The van der Waals surface area contributed by atoms with Crippen molar-refractivity contribution in [3.05, 3.63) is 59.0 Å². The number of aromatic nitrogens is 2. The fraction of sp³-hybridized carbons (Fsp3) is 0.278. The number of fused-ring (bicyclic) bond motifs is 1. The largest absolute Gasteiger partial charge is 0.394 e. The molecule has 0 saturated carbocycles. The van der Waals surface area contributed by atoms with Crippen LogP contribution in [0.3, 0.4) is 0 Å². The van der Waals surface area contributed by atoms with Gasteiger partial charge in [-0.25, -0.2) is 4.68 Å². The summed E-state index contributed by atoms with van der Waals surface area (Å²) >= 11 is 1.68. The van der Waals surface area contributed by atoms with Crippen molar-refractivity contribution in [3.8, 4) is 10.6 Å². The number of anilines is 1. The lowest BCUT2D eigenvalue weighted by molar-refractivity contribution is 0.270. The van der Waals surface area contributed by atoms with Gasteiger partial charge in [0, 0.05) is 12.1 Å². The number of aliphatic hydroxyl groups excluding tert-OH is 1. The van der Waals surface area contributed by atoms with Crippen molar-refractivity contribution >= 4 is 17.2 Å².